The van der Waals surface area contributed by atoms with Crippen molar-refractivity contribution in [1.29, 1.82) is 0 Å². The molecule has 3 amide bonds. The van der Waals surface area contributed by atoms with Crippen molar-refractivity contribution in [3.8, 4) is 5.75 Å². The maximum atomic E-state index is 12.3. The number of phenolic OH excluding ortho intramolecular Hbond substituents is 1. The second-order valence-electron chi connectivity index (χ2n) is 4.32. The van der Waals surface area contributed by atoms with Crippen molar-refractivity contribution in [2.24, 2.45) is 0 Å². The molecular weight excluding hydrogens is 248 g/mol. The fourth-order valence-corrected chi connectivity index (χ4v) is 2.09. The van der Waals surface area contributed by atoms with E-state index in [-0.39, 0.29) is 17.9 Å². The van der Waals surface area contributed by atoms with Crippen LogP contribution < -0.4 is 5.32 Å². The molecule has 19 heavy (non-hydrogen) atoms. The molecular formula is C13H14N2O4. The predicted octanol–water partition coefficient (Wildman–Crippen LogP) is 0.269. The third-order valence-electron chi connectivity index (χ3n) is 3.00. The van der Waals surface area contributed by atoms with Crippen LogP contribution in [0.4, 0.5) is 0 Å². The molecule has 1 heterocycles. The van der Waals surface area contributed by atoms with E-state index in [4.69, 9.17) is 0 Å². The molecule has 0 bridgehead atoms. The molecule has 2 rings (SSSR count). The molecule has 1 unspecified atom stereocenters. The van der Waals surface area contributed by atoms with Crippen molar-refractivity contribution < 1.29 is 19.5 Å². The molecule has 2 N–H and O–H groups in total. The van der Waals surface area contributed by atoms with Crippen LogP contribution in [-0.4, -0.2) is 40.3 Å². The number of amides is 3. The van der Waals surface area contributed by atoms with Gasteiger partial charge in [0.05, 0.1) is 0 Å². The number of rotatable bonds is 2. The number of aromatic hydroxyl groups is 1. The molecule has 0 aliphatic carbocycles. The van der Waals surface area contributed by atoms with Crippen LogP contribution in [0.5, 0.6) is 5.75 Å². The number of nitrogens with zero attached hydrogens (tertiary/aromatic N) is 1. The molecule has 0 aromatic heterocycles. The Morgan fingerprint density at radius 1 is 1.47 bits per heavy atom. The molecule has 100 valence electrons. The number of imide groups is 1. The van der Waals surface area contributed by atoms with Gasteiger partial charge >= 0.3 is 0 Å². The Morgan fingerprint density at radius 3 is 2.84 bits per heavy atom. The molecule has 1 aromatic rings. The van der Waals surface area contributed by atoms with E-state index in [0.717, 1.165) is 0 Å². The summed E-state index contributed by atoms with van der Waals surface area (Å²) in [5.74, 6) is -1.44. The van der Waals surface area contributed by atoms with Crippen molar-refractivity contribution in [1.82, 2.24) is 10.2 Å². The Labute approximate surface area is 110 Å². The first-order chi connectivity index (χ1) is 9.02. The summed E-state index contributed by atoms with van der Waals surface area (Å²) in [6.07, 6.45) is 0.420. The van der Waals surface area contributed by atoms with Gasteiger partial charge in [-0.25, -0.2) is 0 Å². The maximum absolute atomic E-state index is 12.3. The van der Waals surface area contributed by atoms with Crippen LogP contribution in [0.25, 0.3) is 0 Å². The summed E-state index contributed by atoms with van der Waals surface area (Å²) >= 11 is 0. The third kappa shape index (κ3) is 2.57. The predicted molar refractivity (Wildman–Crippen MR) is 66.4 cm³/mol. The van der Waals surface area contributed by atoms with Crippen LogP contribution >= 0.6 is 0 Å². The average Bonchev–Trinajstić information content (AvgIpc) is 2.37. The highest BCUT2D eigenvalue weighted by Gasteiger charge is 2.35. The van der Waals surface area contributed by atoms with Gasteiger partial charge in [0, 0.05) is 5.56 Å². The molecule has 6 heteroatoms. The fraction of sp³-hybridized carbons (Fsp3) is 0.308. The minimum absolute atomic E-state index is 0.0355. The maximum Gasteiger partial charge on any atom is 0.255 e. The summed E-state index contributed by atoms with van der Waals surface area (Å²) in [5, 5.41) is 11.6. The first-order valence-corrected chi connectivity index (χ1v) is 5.96. The van der Waals surface area contributed by atoms with E-state index in [1.165, 1.54) is 29.2 Å². The Morgan fingerprint density at radius 2 is 2.21 bits per heavy atom. The van der Waals surface area contributed by atoms with Gasteiger partial charge in [-0.15, -0.1) is 0 Å². The van der Waals surface area contributed by atoms with Gasteiger partial charge in [0.2, 0.25) is 11.8 Å². The average molecular weight is 262 g/mol. The van der Waals surface area contributed by atoms with Crippen molar-refractivity contribution >= 4 is 17.7 Å². The molecule has 1 saturated heterocycles. The van der Waals surface area contributed by atoms with E-state index in [1.807, 2.05) is 0 Å². The smallest absolute Gasteiger partial charge is 0.255 e. The fourth-order valence-electron chi connectivity index (χ4n) is 2.09. The van der Waals surface area contributed by atoms with Gasteiger partial charge in [0.15, 0.2) is 0 Å². The normalized spacial score (nSPS) is 19.2. The van der Waals surface area contributed by atoms with Crippen LogP contribution in [-0.2, 0) is 9.59 Å². The minimum atomic E-state index is -0.660. The lowest BCUT2D eigenvalue weighted by Crippen LogP contribution is -2.59. The number of hydrogen-bond acceptors (Lipinski definition) is 4. The number of phenols is 1. The van der Waals surface area contributed by atoms with Gasteiger partial charge in [0.25, 0.3) is 5.91 Å². The van der Waals surface area contributed by atoms with E-state index in [0.29, 0.717) is 6.42 Å². The van der Waals surface area contributed by atoms with Gasteiger partial charge in [-0.2, -0.15) is 0 Å². The highest BCUT2D eigenvalue weighted by Crippen LogP contribution is 2.17. The standard InChI is InChI=1S/C13H14N2O4/c1-2-10-12(18)14-11(17)7-15(10)13(19)8-4-3-5-9(16)6-8/h3-6,10,16H,2,7H2,1H3,(H,14,17,18). The van der Waals surface area contributed by atoms with E-state index >= 15 is 0 Å². The molecule has 0 saturated carbocycles. The van der Waals surface area contributed by atoms with E-state index in [1.54, 1.807) is 6.92 Å². The zero-order chi connectivity index (χ0) is 14.0. The number of carbonyl (C=O) groups is 3. The van der Waals surface area contributed by atoms with E-state index < -0.39 is 23.8 Å². The van der Waals surface area contributed by atoms with Crippen LogP contribution in [0.3, 0.4) is 0 Å². The van der Waals surface area contributed by atoms with Gasteiger partial charge in [0.1, 0.15) is 18.3 Å². The minimum Gasteiger partial charge on any atom is -0.508 e. The Kier molecular flexibility index (Phi) is 3.50. The molecule has 1 aliphatic heterocycles. The number of nitrogens with one attached hydrogen (secondary N) is 1. The molecule has 0 spiro atoms. The van der Waals surface area contributed by atoms with Crippen molar-refractivity contribution in [3.05, 3.63) is 29.8 Å². The van der Waals surface area contributed by atoms with Crippen LogP contribution in [0.2, 0.25) is 0 Å². The van der Waals surface area contributed by atoms with Crippen molar-refractivity contribution in [3.63, 3.8) is 0 Å². The summed E-state index contributed by atoms with van der Waals surface area (Å²) in [5.41, 5.74) is 0.251. The molecule has 1 aromatic carbocycles. The molecule has 0 radical (unpaired) electrons. The number of carbonyl (C=O) groups excluding carboxylic acids is 3. The summed E-state index contributed by atoms with van der Waals surface area (Å²) in [6.45, 7) is 1.61. The van der Waals surface area contributed by atoms with Crippen LogP contribution in [0, 0.1) is 0 Å². The van der Waals surface area contributed by atoms with Crippen molar-refractivity contribution in [2.45, 2.75) is 19.4 Å². The highest BCUT2D eigenvalue weighted by atomic mass is 16.3. The number of benzene rings is 1. The molecule has 1 atom stereocenters. The monoisotopic (exact) mass is 262 g/mol. The van der Waals surface area contributed by atoms with Gasteiger partial charge in [-0.3, -0.25) is 19.7 Å². The van der Waals surface area contributed by atoms with Gasteiger partial charge in [-0.1, -0.05) is 13.0 Å². The summed E-state index contributed by atoms with van der Waals surface area (Å²) in [6, 6.07) is 5.17. The first-order valence-electron chi connectivity index (χ1n) is 5.96. The SMILES string of the molecule is CCC1C(=O)NC(=O)CN1C(=O)c1cccc(O)c1. The lowest BCUT2D eigenvalue weighted by Gasteiger charge is -2.33. The van der Waals surface area contributed by atoms with Crippen LogP contribution in [0.1, 0.15) is 23.7 Å². The van der Waals surface area contributed by atoms with Crippen molar-refractivity contribution in [2.75, 3.05) is 6.54 Å². The van der Waals surface area contributed by atoms with Gasteiger partial charge in [-0.05, 0) is 24.6 Å². The van der Waals surface area contributed by atoms with Crippen LogP contribution in [0.15, 0.2) is 24.3 Å². The zero-order valence-corrected chi connectivity index (χ0v) is 10.4. The van der Waals surface area contributed by atoms with Gasteiger partial charge < -0.3 is 10.0 Å². The lowest BCUT2D eigenvalue weighted by atomic mass is 10.1. The molecule has 1 aliphatic rings. The van der Waals surface area contributed by atoms with E-state index in [2.05, 4.69) is 5.32 Å². The zero-order valence-electron chi connectivity index (χ0n) is 10.4. The Bertz CT molecular complexity index is 541. The summed E-state index contributed by atoms with van der Waals surface area (Å²) < 4.78 is 0. The summed E-state index contributed by atoms with van der Waals surface area (Å²) in [7, 11) is 0. The molecule has 6 nitrogen and oxygen atoms in total. The Hall–Kier alpha value is -2.37. The lowest BCUT2D eigenvalue weighted by molar-refractivity contribution is -0.138. The quantitative estimate of drug-likeness (QED) is 0.749. The number of hydrogen-bond donors (Lipinski definition) is 2. The largest absolute Gasteiger partial charge is 0.508 e. The summed E-state index contributed by atoms with van der Waals surface area (Å²) in [4.78, 5) is 36.6. The second kappa shape index (κ2) is 5.09. The Balaban J connectivity index is 2.30. The van der Waals surface area contributed by atoms with E-state index in [9.17, 15) is 19.5 Å². The first kappa shape index (κ1) is 13.1. The third-order valence-corrected chi connectivity index (χ3v) is 3.00. The topological polar surface area (TPSA) is 86.7 Å². The molecule has 1 fully saturated rings. The highest BCUT2D eigenvalue weighted by molar-refractivity contribution is 6.07. The number of piperazine rings is 1. The second-order valence-corrected chi connectivity index (χ2v) is 4.32.